The Hall–Kier alpha value is -4.28. The van der Waals surface area contributed by atoms with Crippen LogP contribution < -0.4 is 9.64 Å². The van der Waals surface area contributed by atoms with E-state index in [2.05, 4.69) is 5.10 Å². The van der Waals surface area contributed by atoms with Crippen molar-refractivity contribution in [2.45, 2.75) is 25.2 Å². The van der Waals surface area contributed by atoms with Crippen molar-refractivity contribution in [2.24, 2.45) is 16.9 Å². The Balaban J connectivity index is 1.55. The summed E-state index contributed by atoms with van der Waals surface area (Å²) >= 11 is 0. The van der Waals surface area contributed by atoms with Gasteiger partial charge in [-0.1, -0.05) is 18.2 Å². The van der Waals surface area contributed by atoms with Crippen molar-refractivity contribution in [1.29, 1.82) is 0 Å². The third kappa shape index (κ3) is 3.67. The van der Waals surface area contributed by atoms with Gasteiger partial charge in [0.2, 0.25) is 11.8 Å². The quantitative estimate of drug-likeness (QED) is 0.279. The summed E-state index contributed by atoms with van der Waals surface area (Å²) < 4.78 is 46.0. The van der Waals surface area contributed by atoms with Gasteiger partial charge >= 0.3 is 12.1 Å². The lowest BCUT2D eigenvalue weighted by Crippen LogP contribution is -2.46. The van der Waals surface area contributed by atoms with Crippen LogP contribution in [0.4, 0.5) is 18.9 Å². The first-order chi connectivity index (χ1) is 17.1. The molecule has 0 N–H and O–H groups in total. The van der Waals surface area contributed by atoms with Crippen LogP contribution in [0.25, 0.3) is 0 Å². The van der Waals surface area contributed by atoms with Gasteiger partial charge < -0.3 is 4.74 Å². The summed E-state index contributed by atoms with van der Waals surface area (Å²) in [5.41, 5.74) is -1.53. The molecule has 3 aliphatic rings. The molecule has 0 aliphatic carbocycles. The van der Waals surface area contributed by atoms with Crippen LogP contribution in [0.15, 0.2) is 65.8 Å². The fourth-order valence-electron chi connectivity index (χ4n) is 5.01. The summed E-state index contributed by atoms with van der Waals surface area (Å²) in [6.07, 6.45) is -0.225. The number of amides is 2. The maximum atomic E-state index is 13.7. The van der Waals surface area contributed by atoms with Gasteiger partial charge in [0, 0.05) is 18.7 Å². The van der Waals surface area contributed by atoms with Crippen molar-refractivity contribution in [3.05, 3.63) is 71.8 Å². The van der Waals surface area contributed by atoms with E-state index in [0.717, 1.165) is 12.1 Å². The molecule has 0 bridgehead atoms. The number of imide groups is 1. The Morgan fingerprint density at radius 2 is 1.64 bits per heavy atom. The molecule has 2 saturated heterocycles. The van der Waals surface area contributed by atoms with E-state index >= 15 is 0 Å². The predicted molar refractivity (Wildman–Crippen MR) is 120 cm³/mol. The zero-order chi connectivity index (χ0) is 25.8. The molecule has 5 rings (SSSR count). The molecule has 4 atom stereocenters. The summed E-state index contributed by atoms with van der Waals surface area (Å²) in [7, 11) is 0. The van der Waals surface area contributed by atoms with E-state index in [1.165, 1.54) is 54.5 Å². The average molecular weight is 497 g/mol. The molecular weight excluding hydrogens is 479 g/mol. The second-order valence-corrected chi connectivity index (χ2v) is 8.53. The Kier molecular flexibility index (Phi) is 5.50. The van der Waals surface area contributed by atoms with Gasteiger partial charge in [-0.2, -0.15) is 18.3 Å². The largest absolute Gasteiger partial charge is 0.427 e. The summed E-state index contributed by atoms with van der Waals surface area (Å²) in [6.45, 7) is 1.23. The number of hydrazone groups is 1. The minimum absolute atomic E-state index is 0.162. The minimum atomic E-state index is -4.80. The third-order valence-electron chi connectivity index (χ3n) is 6.41. The summed E-state index contributed by atoms with van der Waals surface area (Å²) in [5.74, 6) is -4.93. The standard InChI is InChI=1S/C25H18F3N3O5/c1-13(32)36-15-10-8-14(9-11-15)22(33)21-20-19(18-7-4-12-29-31(18)21)23(34)30(24(20)35)17-6-3-2-5-16(17)25(26,27)28/h2-12,18-21H,1H3/t18-,19-,20+,21+/m1/s1. The molecule has 36 heavy (non-hydrogen) atoms. The highest BCUT2D eigenvalue weighted by molar-refractivity contribution is 6.25. The van der Waals surface area contributed by atoms with E-state index in [-0.39, 0.29) is 11.3 Å². The van der Waals surface area contributed by atoms with Crippen LogP contribution in [0.1, 0.15) is 22.8 Å². The molecular formula is C25H18F3N3O5. The van der Waals surface area contributed by atoms with Crippen molar-refractivity contribution in [3.63, 3.8) is 0 Å². The molecule has 2 aromatic carbocycles. The van der Waals surface area contributed by atoms with E-state index in [9.17, 15) is 32.3 Å². The van der Waals surface area contributed by atoms with Crippen molar-refractivity contribution < 1.29 is 37.1 Å². The SMILES string of the molecule is CC(=O)Oc1ccc(C(=O)[C@@H]2[C@H]3C(=O)N(c4ccccc4C(F)(F)F)C(=O)[C@@H]3[C@H]3C=CC=NN32)cc1. The first-order valence-electron chi connectivity index (χ1n) is 11.0. The number of Topliss-reactive ketones (excluding diaryl/α,β-unsaturated/α-hetero) is 1. The number of esters is 1. The molecule has 0 spiro atoms. The summed E-state index contributed by atoms with van der Waals surface area (Å²) in [5, 5.41) is 5.57. The number of benzene rings is 2. The van der Waals surface area contributed by atoms with Crippen molar-refractivity contribution in [2.75, 3.05) is 4.90 Å². The van der Waals surface area contributed by atoms with E-state index in [0.29, 0.717) is 4.90 Å². The maximum absolute atomic E-state index is 13.7. The molecule has 2 amide bonds. The third-order valence-corrected chi connectivity index (χ3v) is 6.41. The minimum Gasteiger partial charge on any atom is -0.427 e. The van der Waals surface area contributed by atoms with Gasteiger partial charge in [0.1, 0.15) is 11.8 Å². The number of allylic oxidation sites excluding steroid dienone is 1. The monoisotopic (exact) mass is 497 g/mol. The molecule has 2 aromatic rings. The highest BCUT2D eigenvalue weighted by Gasteiger charge is 2.64. The number of halogens is 3. The zero-order valence-electron chi connectivity index (χ0n) is 18.7. The smallest absolute Gasteiger partial charge is 0.418 e. The van der Waals surface area contributed by atoms with E-state index < -0.39 is 64.9 Å². The summed E-state index contributed by atoms with van der Waals surface area (Å²) in [4.78, 5) is 52.3. The number of hydrogen-bond acceptors (Lipinski definition) is 7. The van der Waals surface area contributed by atoms with Gasteiger partial charge in [-0.15, -0.1) is 0 Å². The van der Waals surface area contributed by atoms with E-state index in [1.807, 2.05) is 0 Å². The fraction of sp³-hybridized carbons (Fsp3) is 0.240. The second-order valence-electron chi connectivity index (χ2n) is 8.53. The number of nitrogens with zero attached hydrogens (tertiary/aromatic N) is 3. The lowest BCUT2D eigenvalue weighted by molar-refractivity contribution is -0.137. The number of anilines is 1. The van der Waals surface area contributed by atoms with Gasteiger partial charge in [-0.25, -0.2) is 4.90 Å². The molecule has 8 nitrogen and oxygen atoms in total. The maximum Gasteiger partial charge on any atom is 0.418 e. The molecule has 3 heterocycles. The Morgan fingerprint density at radius 1 is 0.972 bits per heavy atom. The van der Waals surface area contributed by atoms with Gasteiger partial charge in [-0.3, -0.25) is 24.2 Å². The second kappa shape index (κ2) is 8.43. The first-order valence-corrected chi connectivity index (χ1v) is 11.0. The first kappa shape index (κ1) is 23.5. The van der Waals surface area contributed by atoms with Crippen LogP contribution in [-0.4, -0.2) is 46.9 Å². The van der Waals surface area contributed by atoms with Crippen LogP contribution in [0, 0.1) is 11.8 Å². The Labute approximate surface area is 202 Å². The molecule has 0 unspecified atom stereocenters. The average Bonchev–Trinajstić information content (AvgIpc) is 3.31. The van der Waals surface area contributed by atoms with Crippen LogP contribution in [0.3, 0.4) is 0 Å². The topological polar surface area (TPSA) is 96.3 Å². The van der Waals surface area contributed by atoms with Crippen LogP contribution in [0.5, 0.6) is 5.75 Å². The molecule has 3 aliphatic heterocycles. The van der Waals surface area contributed by atoms with Crippen LogP contribution >= 0.6 is 0 Å². The molecule has 2 fully saturated rings. The molecule has 184 valence electrons. The van der Waals surface area contributed by atoms with Crippen molar-refractivity contribution in [3.8, 4) is 5.75 Å². The number of para-hydroxylation sites is 1. The molecule has 0 saturated carbocycles. The number of rotatable bonds is 4. The van der Waals surface area contributed by atoms with Crippen LogP contribution in [-0.2, 0) is 20.6 Å². The number of carbonyl (C=O) groups is 4. The number of ether oxygens (including phenoxy) is 1. The number of ketones is 1. The number of carbonyl (C=O) groups excluding carboxylic acids is 4. The molecule has 0 aromatic heterocycles. The lowest BCUT2D eigenvalue weighted by Gasteiger charge is -2.30. The molecule has 11 heteroatoms. The highest BCUT2D eigenvalue weighted by Crippen LogP contribution is 2.48. The van der Waals surface area contributed by atoms with Gasteiger partial charge in [-0.05, 0) is 42.5 Å². The predicted octanol–water partition coefficient (Wildman–Crippen LogP) is 3.23. The fourth-order valence-corrected chi connectivity index (χ4v) is 5.01. The highest BCUT2D eigenvalue weighted by atomic mass is 19.4. The normalized spacial score (nSPS) is 24.7. The number of fused-ring (bicyclic) bond motifs is 3. The van der Waals surface area contributed by atoms with Gasteiger partial charge in [0.05, 0.1) is 29.1 Å². The van der Waals surface area contributed by atoms with Crippen molar-refractivity contribution >= 4 is 35.5 Å². The van der Waals surface area contributed by atoms with E-state index in [4.69, 9.17) is 4.74 Å². The lowest BCUT2D eigenvalue weighted by atomic mass is 9.86. The van der Waals surface area contributed by atoms with Gasteiger partial charge in [0.15, 0.2) is 5.78 Å². The molecule has 0 radical (unpaired) electrons. The van der Waals surface area contributed by atoms with Gasteiger partial charge in [0.25, 0.3) is 0 Å². The number of hydrogen-bond donors (Lipinski definition) is 0. The van der Waals surface area contributed by atoms with E-state index in [1.54, 1.807) is 12.2 Å². The Morgan fingerprint density at radius 3 is 2.31 bits per heavy atom. The Bertz CT molecular complexity index is 1340. The van der Waals surface area contributed by atoms with Crippen molar-refractivity contribution in [1.82, 2.24) is 5.01 Å². The van der Waals surface area contributed by atoms with Crippen LogP contribution in [0.2, 0.25) is 0 Å². The summed E-state index contributed by atoms with van der Waals surface area (Å²) in [6, 6.07) is 7.97. The number of alkyl halides is 3. The zero-order valence-corrected chi connectivity index (χ0v) is 18.7.